The largest absolute Gasteiger partial charge is 0.493 e. The van der Waals surface area contributed by atoms with E-state index in [0.29, 0.717) is 23.3 Å². The molecule has 0 aliphatic carbocycles. The van der Waals surface area contributed by atoms with Crippen LogP contribution in [-0.2, 0) is 0 Å². The predicted molar refractivity (Wildman–Crippen MR) is 96.3 cm³/mol. The molecule has 23 heavy (non-hydrogen) atoms. The maximum Gasteiger partial charge on any atom is 0.174 e. The van der Waals surface area contributed by atoms with Crippen LogP contribution < -0.4 is 20.1 Å². The molecule has 0 saturated carbocycles. The fourth-order valence-electron chi connectivity index (χ4n) is 1.91. The van der Waals surface area contributed by atoms with Crippen LogP contribution in [0.5, 0.6) is 11.5 Å². The summed E-state index contributed by atoms with van der Waals surface area (Å²) in [6.07, 6.45) is 1.68. The van der Waals surface area contributed by atoms with Gasteiger partial charge in [0.15, 0.2) is 16.7 Å². The molecule has 2 rings (SSSR count). The quantitative estimate of drug-likeness (QED) is 0.793. The van der Waals surface area contributed by atoms with E-state index < -0.39 is 0 Å². The van der Waals surface area contributed by atoms with E-state index in [1.54, 1.807) is 19.4 Å². The summed E-state index contributed by atoms with van der Waals surface area (Å²) in [6.45, 7) is 4.55. The van der Waals surface area contributed by atoms with Gasteiger partial charge in [-0.3, -0.25) is 0 Å². The van der Waals surface area contributed by atoms with Crippen molar-refractivity contribution in [3.63, 3.8) is 0 Å². The van der Waals surface area contributed by atoms with Gasteiger partial charge in [-0.15, -0.1) is 0 Å². The smallest absolute Gasteiger partial charge is 0.174 e. The Morgan fingerprint density at radius 2 is 2.00 bits per heavy atom. The number of pyridine rings is 1. The molecule has 0 aliphatic heterocycles. The maximum absolute atomic E-state index is 5.73. The zero-order valence-corrected chi connectivity index (χ0v) is 14.3. The predicted octanol–water partition coefficient (Wildman–Crippen LogP) is 3.15. The van der Waals surface area contributed by atoms with Gasteiger partial charge in [0.2, 0.25) is 0 Å². The standard InChI is InChI=1S/C17H21N3O2S/c1-12-6-8-14(9-7-12)22-11-13(2)19-17(23)20-16-15(21-3)5-4-10-18-16/h4-10,13H,11H2,1-3H3,(H2,18,19,20,23)/t13-/m0/s1. The summed E-state index contributed by atoms with van der Waals surface area (Å²) in [5.74, 6) is 2.06. The van der Waals surface area contributed by atoms with Gasteiger partial charge >= 0.3 is 0 Å². The second-order valence-electron chi connectivity index (χ2n) is 5.18. The van der Waals surface area contributed by atoms with E-state index in [-0.39, 0.29) is 6.04 Å². The van der Waals surface area contributed by atoms with Gasteiger partial charge in [0, 0.05) is 6.20 Å². The lowest BCUT2D eigenvalue weighted by atomic mass is 10.2. The van der Waals surface area contributed by atoms with Crippen molar-refractivity contribution < 1.29 is 9.47 Å². The number of rotatable bonds is 6. The second-order valence-corrected chi connectivity index (χ2v) is 5.59. The van der Waals surface area contributed by atoms with E-state index in [9.17, 15) is 0 Å². The third-order valence-corrected chi connectivity index (χ3v) is 3.34. The summed E-state index contributed by atoms with van der Waals surface area (Å²) < 4.78 is 11.0. The highest BCUT2D eigenvalue weighted by molar-refractivity contribution is 7.80. The van der Waals surface area contributed by atoms with Crippen molar-refractivity contribution >= 4 is 23.1 Å². The number of nitrogens with zero attached hydrogens (tertiary/aromatic N) is 1. The Morgan fingerprint density at radius 3 is 2.70 bits per heavy atom. The fourth-order valence-corrected chi connectivity index (χ4v) is 2.21. The van der Waals surface area contributed by atoms with Gasteiger partial charge in [-0.25, -0.2) is 4.98 Å². The second kappa shape index (κ2) is 8.33. The van der Waals surface area contributed by atoms with Gasteiger partial charge in [0.25, 0.3) is 0 Å². The van der Waals surface area contributed by atoms with Crippen molar-refractivity contribution in [1.29, 1.82) is 0 Å². The highest BCUT2D eigenvalue weighted by Crippen LogP contribution is 2.19. The average molecular weight is 331 g/mol. The SMILES string of the molecule is COc1cccnc1NC(=S)N[C@@H](C)COc1ccc(C)cc1. The van der Waals surface area contributed by atoms with E-state index in [2.05, 4.69) is 15.6 Å². The number of anilines is 1. The van der Waals surface area contributed by atoms with Gasteiger partial charge in [0.1, 0.15) is 12.4 Å². The minimum absolute atomic E-state index is 0.0472. The van der Waals surface area contributed by atoms with Gasteiger partial charge in [-0.2, -0.15) is 0 Å². The van der Waals surface area contributed by atoms with Crippen molar-refractivity contribution in [1.82, 2.24) is 10.3 Å². The van der Waals surface area contributed by atoms with Gasteiger partial charge < -0.3 is 20.1 Å². The molecule has 1 atom stereocenters. The Bertz CT molecular complexity index is 647. The van der Waals surface area contributed by atoms with Crippen LogP contribution in [0.2, 0.25) is 0 Å². The molecule has 0 fully saturated rings. The number of aromatic nitrogens is 1. The van der Waals surface area contributed by atoms with Crippen molar-refractivity contribution in [3.8, 4) is 11.5 Å². The molecular formula is C17H21N3O2S. The summed E-state index contributed by atoms with van der Waals surface area (Å²) in [4.78, 5) is 4.20. The zero-order chi connectivity index (χ0) is 16.7. The topological polar surface area (TPSA) is 55.4 Å². The number of hydrogen-bond acceptors (Lipinski definition) is 4. The number of hydrogen-bond donors (Lipinski definition) is 2. The van der Waals surface area contributed by atoms with Crippen LogP contribution in [0.3, 0.4) is 0 Å². The molecule has 0 aliphatic rings. The molecule has 0 saturated heterocycles. The number of ether oxygens (including phenoxy) is 2. The van der Waals surface area contributed by atoms with Gasteiger partial charge in [-0.1, -0.05) is 17.7 Å². The summed E-state index contributed by atoms with van der Waals surface area (Å²) >= 11 is 5.29. The molecule has 0 spiro atoms. The van der Waals surface area contributed by atoms with E-state index >= 15 is 0 Å². The highest BCUT2D eigenvalue weighted by atomic mass is 32.1. The van der Waals surface area contributed by atoms with Crippen LogP contribution in [0.25, 0.3) is 0 Å². The van der Waals surface area contributed by atoms with E-state index in [4.69, 9.17) is 21.7 Å². The third-order valence-electron chi connectivity index (χ3n) is 3.12. The monoisotopic (exact) mass is 331 g/mol. The van der Waals surface area contributed by atoms with Crippen molar-refractivity contribution in [2.75, 3.05) is 19.0 Å². The first-order valence-corrected chi connectivity index (χ1v) is 7.75. The first-order valence-electron chi connectivity index (χ1n) is 7.34. The van der Waals surface area contributed by atoms with E-state index in [0.717, 1.165) is 5.75 Å². The van der Waals surface area contributed by atoms with Crippen LogP contribution >= 0.6 is 12.2 Å². The number of benzene rings is 1. The number of nitrogens with one attached hydrogen (secondary N) is 2. The van der Waals surface area contributed by atoms with Crippen molar-refractivity contribution in [2.24, 2.45) is 0 Å². The Labute approximate surface area is 142 Å². The lowest BCUT2D eigenvalue weighted by Gasteiger charge is -2.18. The van der Waals surface area contributed by atoms with Crippen LogP contribution in [-0.4, -0.2) is 29.9 Å². The minimum atomic E-state index is 0.0472. The lowest BCUT2D eigenvalue weighted by Crippen LogP contribution is -2.39. The molecule has 2 N–H and O–H groups in total. The van der Waals surface area contributed by atoms with Crippen LogP contribution in [0, 0.1) is 6.92 Å². The van der Waals surface area contributed by atoms with Crippen LogP contribution in [0.4, 0.5) is 5.82 Å². The molecule has 0 radical (unpaired) electrons. The number of methoxy groups -OCH3 is 1. The summed E-state index contributed by atoms with van der Waals surface area (Å²) in [5, 5.41) is 6.66. The Morgan fingerprint density at radius 1 is 1.26 bits per heavy atom. The zero-order valence-electron chi connectivity index (χ0n) is 13.5. The van der Waals surface area contributed by atoms with Crippen LogP contribution in [0.1, 0.15) is 12.5 Å². The fraction of sp³-hybridized carbons (Fsp3) is 0.294. The Kier molecular flexibility index (Phi) is 6.17. The van der Waals surface area contributed by atoms with Crippen molar-refractivity contribution in [2.45, 2.75) is 19.9 Å². The third kappa shape index (κ3) is 5.41. The number of aryl methyl sites for hydroxylation is 1. The molecule has 1 heterocycles. The highest BCUT2D eigenvalue weighted by Gasteiger charge is 2.09. The molecule has 1 aromatic heterocycles. The molecule has 1 aromatic carbocycles. The molecular weight excluding hydrogens is 310 g/mol. The van der Waals surface area contributed by atoms with Crippen LogP contribution in [0.15, 0.2) is 42.6 Å². The molecule has 0 bridgehead atoms. The molecule has 122 valence electrons. The normalized spacial score (nSPS) is 11.4. The summed E-state index contributed by atoms with van der Waals surface area (Å²) in [5.41, 5.74) is 1.21. The molecule has 2 aromatic rings. The minimum Gasteiger partial charge on any atom is -0.493 e. The van der Waals surface area contributed by atoms with Gasteiger partial charge in [-0.05, 0) is 50.3 Å². The average Bonchev–Trinajstić information content (AvgIpc) is 2.54. The first-order chi connectivity index (χ1) is 11.1. The maximum atomic E-state index is 5.73. The summed E-state index contributed by atoms with van der Waals surface area (Å²) in [7, 11) is 1.59. The molecule has 5 nitrogen and oxygen atoms in total. The summed E-state index contributed by atoms with van der Waals surface area (Å²) in [6, 6.07) is 11.6. The molecule has 6 heteroatoms. The Hall–Kier alpha value is -2.34. The van der Waals surface area contributed by atoms with E-state index in [1.807, 2.05) is 44.2 Å². The lowest BCUT2D eigenvalue weighted by molar-refractivity contribution is 0.287. The van der Waals surface area contributed by atoms with Gasteiger partial charge in [0.05, 0.1) is 13.2 Å². The van der Waals surface area contributed by atoms with E-state index in [1.165, 1.54) is 5.56 Å². The molecule has 0 unspecified atom stereocenters. The Balaban J connectivity index is 1.81. The first kappa shape index (κ1) is 17.0. The van der Waals surface area contributed by atoms with Crippen molar-refractivity contribution in [3.05, 3.63) is 48.2 Å². The molecule has 0 amide bonds. The number of thiocarbonyl (C=S) groups is 1.